The van der Waals surface area contributed by atoms with Crippen LogP contribution in [-0.4, -0.2) is 0 Å². The van der Waals surface area contributed by atoms with E-state index in [-0.39, 0.29) is 0 Å². The Morgan fingerprint density at radius 3 is 2.22 bits per heavy atom. The van der Waals surface area contributed by atoms with Crippen LogP contribution in [0.3, 0.4) is 0 Å². The summed E-state index contributed by atoms with van der Waals surface area (Å²) in [7, 11) is 0. The fourth-order valence-corrected chi connectivity index (χ4v) is 3.60. The minimum absolute atomic E-state index is 0.872. The van der Waals surface area contributed by atoms with E-state index >= 15 is 0 Å². The zero-order valence-electron chi connectivity index (χ0n) is 15.0. The minimum Gasteiger partial charge on any atom is -0.464 e. The van der Waals surface area contributed by atoms with Gasteiger partial charge in [-0.25, -0.2) is 0 Å². The Balaban J connectivity index is 1.98. The van der Waals surface area contributed by atoms with Crippen molar-refractivity contribution in [2.45, 2.75) is 6.92 Å². The Bertz CT molecular complexity index is 1140. The third-order valence-corrected chi connectivity index (χ3v) is 5.54. The highest BCUT2D eigenvalue weighted by molar-refractivity contribution is 9.10. The maximum absolute atomic E-state index is 6.07. The van der Waals surface area contributed by atoms with Gasteiger partial charge in [0.2, 0.25) is 0 Å². The summed E-state index contributed by atoms with van der Waals surface area (Å²) in [4.78, 5) is 0. The molecule has 0 aliphatic carbocycles. The molecular weight excluding hydrogens is 396 g/mol. The van der Waals surface area contributed by atoms with Crippen LogP contribution in [0.1, 0.15) is 5.56 Å². The molecule has 1 heterocycles. The first-order valence-corrected chi connectivity index (χ1v) is 9.69. The largest absolute Gasteiger partial charge is 0.464 e. The second-order valence-corrected chi connectivity index (χ2v) is 7.26. The third-order valence-electron chi connectivity index (χ3n) is 4.68. The highest BCUT2D eigenvalue weighted by atomic mass is 79.9. The van der Waals surface area contributed by atoms with Crippen molar-refractivity contribution in [2.75, 3.05) is 0 Å². The molecule has 0 atom stereocenters. The third kappa shape index (κ3) is 3.67. The molecule has 0 aliphatic heterocycles. The van der Waals surface area contributed by atoms with E-state index in [4.69, 9.17) is 4.42 Å². The lowest BCUT2D eigenvalue weighted by molar-refractivity contribution is 0.607. The van der Waals surface area contributed by atoms with Crippen LogP contribution in [0.25, 0.3) is 33.2 Å². The zero-order chi connectivity index (χ0) is 18.6. The number of hydrogen-bond acceptors (Lipinski definition) is 1. The number of para-hydroxylation sites is 1. The molecule has 0 spiro atoms. The van der Waals surface area contributed by atoms with E-state index in [1.165, 1.54) is 11.1 Å². The van der Waals surface area contributed by atoms with Gasteiger partial charge >= 0.3 is 0 Å². The smallest absolute Gasteiger partial charge is 0.141 e. The first-order valence-electron chi connectivity index (χ1n) is 8.89. The topological polar surface area (TPSA) is 13.1 Å². The number of fused-ring (bicyclic) bond motifs is 1. The molecule has 4 rings (SSSR count). The maximum Gasteiger partial charge on any atom is 0.141 e. The van der Waals surface area contributed by atoms with Gasteiger partial charge in [0.25, 0.3) is 0 Å². The molecule has 0 saturated carbocycles. The Kier molecular flexibility index (Phi) is 5.08. The van der Waals surface area contributed by atoms with Gasteiger partial charge in [-0.05, 0) is 47.4 Å². The van der Waals surface area contributed by atoms with Crippen LogP contribution in [0, 0.1) is 6.92 Å². The summed E-state index contributed by atoms with van der Waals surface area (Å²) in [6.07, 6.45) is 1.73. The van der Waals surface area contributed by atoms with Crippen LogP contribution >= 0.6 is 15.9 Å². The van der Waals surface area contributed by atoms with Gasteiger partial charge in [-0.15, -0.1) is 0 Å². The summed E-state index contributed by atoms with van der Waals surface area (Å²) in [6, 6.07) is 31.2. The summed E-state index contributed by atoms with van der Waals surface area (Å²) >= 11 is 3.67. The van der Waals surface area contributed by atoms with Crippen molar-refractivity contribution in [2.24, 2.45) is 0 Å². The van der Waals surface area contributed by atoms with Crippen LogP contribution in [0.5, 0.6) is 0 Å². The van der Waals surface area contributed by atoms with Gasteiger partial charge in [0.15, 0.2) is 0 Å². The van der Waals surface area contributed by atoms with Gasteiger partial charge < -0.3 is 4.42 Å². The van der Waals surface area contributed by atoms with E-state index in [1.54, 1.807) is 6.26 Å². The summed E-state index contributed by atoms with van der Waals surface area (Å²) in [5, 5.41) is 1.08. The average Bonchev–Trinajstić information content (AvgIpc) is 2.79. The Morgan fingerprint density at radius 2 is 1.37 bits per heavy atom. The summed E-state index contributed by atoms with van der Waals surface area (Å²) < 4.78 is 7.12. The summed E-state index contributed by atoms with van der Waals surface area (Å²) in [6.45, 7) is 2.10. The van der Waals surface area contributed by atoms with E-state index in [9.17, 15) is 0 Å². The van der Waals surface area contributed by atoms with Crippen LogP contribution < -0.4 is 0 Å². The van der Waals surface area contributed by atoms with Crippen LogP contribution in [0.4, 0.5) is 0 Å². The molecule has 0 bridgehead atoms. The lowest BCUT2D eigenvalue weighted by Gasteiger charge is -2.09. The SMILES string of the molecule is Cc1c(Br)ccccoc2c(-c3cccc(-c4ccccc4)c3)cccc12. The number of rotatable bonds is 2. The fraction of sp³-hybridized carbons (Fsp3) is 0.0400. The maximum atomic E-state index is 6.07. The monoisotopic (exact) mass is 414 g/mol. The molecular formula is C25H19BrO. The van der Waals surface area contributed by atoms with E-state index < -0.39 is 0 Å². The zero-order valence-corrected chi connectivity index (χ0v) is 16.6. The highest BCUT2D eigenvalue weighted by Crippen LogP contribution is 2.33. The van der Waals surface area contributed by atoms with E-state index in [1.807, 2.05) is 24.3 Å². The molecule has 4 aromatic rings. The number of aryl methyl sites for hydroxylation is 1. The molecule has 27 heavy (non-hydrogen) atoms. The normalized spacial score (nSPS) is 10.6. The molecule has 3 aromatic carbocycles. The van der Waals surface area contributed by atoms with Crippen molar-refractivity contribution >= 4 is 26.9 Å². The molecule has 0 amide bonds. The van der Waals surface area contributed by atoms with Crippen molar-refractivity contribution in [1.29, 1.82) is 0 Å². The Labute approximate surface area is 167 Å². The minimum atomic E-state index is 0.872. The van der Waals surface area contributed by atoms with Crippen molar-refractivity contribution in [3.63, 3.8) is 0 Å². The van der Waals surface area contributed by atoms with Gasteiger partial charge in [0.05, 0.1) is 6.26 Å². The number of hydrogen-bond donors (Lipinski definition) is 0. The van der Waals surface area contributed by atoms with Crippen molar-refractivity contribution in [1.82, 2.24) is 0 Å². The van der Waals surface area contributed by atoms with Crippen molar-refractivity contribution < 1.29 is 4.42 Å². The quantitative estimate of drug-likeness (QED) is 0.324. The standard InChI is InChI=1S/C25H19BrO/c1-18-22-13-8-14-23(25(22)27-16-6-5-15-24(18)26)21-12-7-11-20(17-21)19-9-3-2-4-10-19/h2-17H,1H3. The molecule has 0 aliphatic rings. The Morgan fingerprint density at radius 1 is 0.667 bits per heavy atom. The number of halogens is 1. The van der Waals surface area contributed by atoms with Gasteiger partial charge in [-0.2, -0.15) is 0 Å². The van der Waals surface area contributed by atoms with Crippen LogP contribution in [0.2, 0.25) is 0 Å². The van der Waals surface area contributed by atoms with Gasteiger partial charge in [0.1, 0.15) is 5.58 Å². The number of benzene rings is 3. The molecule has 0 fully saturated rings. The summed E-state index contributed by atoms with van der Waals surface area (Å²) in [5.74, 6) is 0. The van der Waals surface area contributed by atoms with Crippen LogP contribution in [0.15, 0.2) is 106 Å². The summed E-state index contributed by atoms with van der Waals surface area (Å²) in [5.41, 5.74) is 6.63. The first-order chi connectivity index (χ1) is 13.2. The van der Waals surface area contributed by atoms with E-state index in [2.05, 4.69) is 89.6 Å². The van der Waals surface area contributed by atoms with Gasteiger partial charge in [-0.3, -0.25) is 0 Å². The Hall–Kier alpha value is -2.84. The molecule has 1 nitrogen and oxygen atoms in total. The second-order valence-electron chi connectivity index (χ2n) is 6.41. The predicted octanol–water partition coefficient (Wildman–Crippen LogP) is 7.96. The lowest BCUT2D eigenvalue weighted by Crippen LogP contribution is -1.84. The van der Waals surface area contributed by atoms with Crippen LogP contribution in [-0.2, 0) is 0 Å². The second kappa shape index (κ2) is 7.81. The molecule has 0 unspecified atom stereocenters. The molecule has 132 valence electrons. The molecule has 1 aromatic heterocycles. The predicted molar refractivity (Wildman–Crippen MR) is 117 cm³/mol. The van der Waals surface area contributed by atoms with E-state index in [0.717, 1.165) is 32.1 Å². The first kappa shape index (κ1) is 17.6. The molecule has 0 radical (unpaired) electrons. The van der Waals surface area contributed by atoms with Gasteiger partial charge in [0, 0.05) is 15.4 Å². The highest BCUT2D eigenvalue weighted by Gasteiger charge is 2.08. The average molecular weight is 415 g/mol. The van der Waals surface area contributed by atoms with Crippen molar-refractivity contribution in [3.05, 3.63) is 107 Å². The molecule has 0 saturated heterocycles. The molecule has 2 heteroatoms. The molecule has 0 N–H and O–H groups in total. The van der Waals surface area contributed by atoms with Crippen molar-refractivity contribution in [3.8, 4) is 22.3 Å². The lowest BCUT2D eigenvalue weighted by atomic mass is 9.97. The van der Waals surface area contributed by atoms with E-state index in [0.29, 0.717) is 0 Å². The fourth-order valence-electron chi connectivity index (χ4n) is 3.23. The van der Waals surface area contributed by atoms with Gasteiger partial charge in [-0.1, -0.05) is 88.7 Å².